The molecule has 0 bridgehead atoms. The Morgan fingerprint density at radius 3 is 2.26 bits per heavy atom. The third-order valence-electron chi connectivity index (χ3n) is 7.24. The number of ether oxygens (including phenoxy) is 2. The van der Waals surface area contributed by atoms with Crippen molar-refractivity contribution in [2.45, 2.75) is 69.2 Å². The van der Waals surface area contributed by atoms with Gasteiger partial charge in [0.05, 0.1) is 17.8 Å². The van der Waals surface area contributed by atoms with E-state index < -0.39 is 32.3 Å². The van der Waals surface area contributed by atoms with Gasteiger partial charge < -0.3 is 9.47 Å². The van der Waals surface area contributed by atoms with Crippen molar-refractivity contribution in [2.24, 2.45) is 0 Å². The van der Waals surface area contributed by atoms with Crippen LogP contribution in [0.2, 0.25) is 0 Å². The molecule has 0 radical (unpaired) electrons. The Kier molecular flexibility index (Phi) is 8.96. The van der Waals surface area contributed by atoms with Crippen molar-refractivity contribution in [3.63, 3.8) is 0 Å². The number of alkyl halides is 1. The van der Waals surface area contributed by atoms with Gasteiger partial charge in [-0.15, -0.1) is 0 Å². The first-order valence-corrected chi connectivity index (χ1v) is 15.9. The molecular weight excluding hydrogens is 533 g/mol. The average molecular weight is 570 g/mol. The Labute approximate surface area is 225 Å². The van der Waals surface area contributed by atoms with Crippen molar-refractivity contribution in [3.05, 3.63) is 47.8 Å². The summed E-state index contributed by atoms with van der Waals surface area (Å²) in [5.41, 5.74) is 1.06. The highest BCUT2D eigenvalue weighted by Gasteiger charge is 2.41. The lowest BCUT2D eigenvalue weighted by Gasteiger charge is -2.31. The van der Waals surface area contributed by atoms with Gasteiger partial charge in [0.15, 0.2) is 0 Å². The molecule has 2 aliphatic rings. The molecule has 2 atom stereocenters. The molecule has 0 amide bonds. The highest BCUT2D eigenvalue weighted by atomic mass is 32.2. The van der Waals surface area contributed by atoms with Gasteiger partial charge in [-0.2, -0.15) is 4.31 Å². The van der Waals surface area contributed by atoms with Crippen LogP contribution in [0, 0.1) is 13.8 Å². The zero-order chi connectivity index (χ0) is 27.5. The van der Waals surface area contributed by atoms with Crippen LogP contribution in [0.5, 0.6) is 11.5 Å². The van der Waals surface area contributed by atoms with Crippen molar-refractivity contribution in [2.75, 3.05) is 32.5 Å². The van der Waals surface area contributed by atoms with Crippen molar-refractivity contribution in [3.8, 4) is 11.5 Å². The monoisotopic (exact) mass is 569 g/mol. The highest BCUT2D eigenvalue weighted by molar-refractivity contribution is 7.89. The Morgan fingerprint density at radius 1 is 1.03 bits per heavy atom. The molecule has 9 nitrogen and oxygen atoms in total. The Balaban J connectivity index is 1.35. The number of halogens is 1. The predicted octanol–water partition coefficient (Wildman–Crippen LogP) is 3.46. The largest absolute Gasteiger partial charge is 0.497 e. The van der Waals surface area contributed by atoms with E-state index in [0.29, 0.717) is 48.6 Å². The first-order chi connectivity index (χ1) is 18.0. The molecule has 0 spiro atoms. The quantitative estimate of drug-likeness (QED) is 0.431. The third kappa shape index (κ3) is 6.47. The minimum Gasteiger partial charge on any atom is -0.497 e. The number of piperidine rings is 1. The Morgan fingerprint density at radius 2 is 1.66 bits per heavy atom. The predicted molar refractivity (Wildman–Crippen MR) is 142 cm³/mol. The van der Waals surface area contributed by atoms with Crippen molar-refractivity contribution in [1.29, 1.82) is 0 Å². The van der Waals surface area contributed by atoms with Crippen LogP contribution in [0.4, 0.5) is 4.39 Å². The maximum absolute atomic E-state index is 14.5. The van der Waals surface area contributed by atoms with E-state index in [1.54, 1.807) is 50.5 Å². The molecule has 0 aliphatic carbocycles. The van der Waals surface area contributed by atoms with Gasteiger partial charge in [0.25, 0.3) is 0 Å². The fourth-order valence-electron chi connectivity index (χ4n) is 5.41. The maximum Gasteiger partial charge on any atom is 0.243 e. The lowest BCUT2D eigenvalue weighted by Crippen LogP contribution is -2.43. The summed E-state index contributed by atoms with van der Waals surface area (Å²) in [5.74, 6) is 1.16. The summed E-state index contributed by atoms with van der Waals surface area (Å²) in [6.45, 7) is 3.89. The number of aryl methyl sites for hydroxylation is 2. The SMILES string of the molecule is COc1cc(C)c(S(=O)(=O)N2C[C@@H](F)C[C@H]2CCCS(=O)(=O)N2CCC(Oc3ccncc3)CC2)c(C)c1. The molecule has 0 N–H and O–H groups in total. The second kappa shape index (κ2) is 11.8. The van der Waals surface area contributed by atoms with Gasteiger partial charge in [0.2, 0.25) is 20.0 Å². The van der Waals surface area contributed by atoms with Crippen LogP contribution in [-0.2, 0) is 20.0 Å². The van der Waals surface area contributed by atoms with E-state index in [4.69, 9.17) is 9.47 Å². The maximum atomic E-state index is 14.5. The standard InChI is InChI=1S/C26H36FN3O6S2/c1-19-15-25(35-3)16-20(2)26(19)38(33,34)30-18-21(27)17-22(30)5-4-14-37(31,32)29-12-8-24(9-13-29)36-23-6-10-28-11-7-23/h6-7,10-11,15-16,21-22,24H,4-5,8-9,12-14,17-18H2,1-3H3/t21-,22+/m0/s1. The van der Waals surface area contributed by atoms with Gasteiger partial charge in [-0.1, -0.05) is 0 Å². The first kappa shape index (κ1) is 28.7. The van der Waals surface area contributed by atoms with Crippen LogP contribution in [0.3, 0.4) is 0 Å². The fourth-order valence-corrected chi connectivity index (χ4v) is 9.07. The molecule has 3 heterocycles. The molecule has 0 unspecified atom stereocenters. The Hall–Kier alpha value is -2.28. The van der Waals surface area contributed by atoms with Crippen LogP contribution in [-0.4, -0.2) is 81.2 Å². The lowest BCUT2D eigenvalue weighted by molar-refractivity contribution is 0.135. The first-order valence-electron chi connectivity index (χ1n) is 12.9. The van der Waals surface area contributed by atoms with Gasteiger partial charge in [-0.25, -0.2) is 25.5 Å². The normalized spacial score (nSPS) is 22.0. The molecule has 4 rings (SSSR count). The average Bonchev–Trinajstić information content (AvgIpc) is 3.25. The van der Waals surface area contributed by atoms with E-state index in [9.17, 15) is 21.2 Å². The zero-order valence-electron chi connectivity index (χ0n) is 22.0. The number of rotatable bonds is 10. The summed E-state index contributed by atoms with van der Waals surface area (Å²) in [7, 11) is -5.97. The van der Waals surface area contributed by atoms with E-state index in [1.807, 2.05) is 0 Å². The number of sulfonamides is 2. The summed E-state index contributed by atoms with van der Waals surface area (Å²) in [5, 5.41) is 0. The molecule has 2 aromatic rings. The van der Waals surface area contributed by atoms with Crippen LogP contribution in [0.25, 0.3) is 0 Å². The molecular formula is C26H36FN3O6S2. The highest BCUT2D eigenvalue weighted by Crippen LogP contribution is 2.34. The summed E-state index contributed by atoms with van der Waals surface area (Å²) in [6.07, 6.45) is 3.70. The van der Waals surface area contributed by atoms with E-state index in [2.05, 4.69) is 4.98 Å². The van der Waals surface area contributed by atoms with E-state index in [0.717, 1.165) is 0 Å². The van der Waals surface area contributed by atoms with Gasteiger partial charge in [0, 0.05) is 38.1 Å². The van der Waals surface area contributed by atoms with E-state index >= 15 is 0 Å². The van der Waals surface area contributed by atoms with E-state index in [1.165, 1.54) is 15.7 Å². The minimum atomic E-state index is -3.97. The van der Waals surface area contributed by atoms with Gasteiger partial charge in [0.1, 0.15) is 23.8 Å². The van der Waals surface area contributed by atoms with Crippen LogP contribution < -0.4 is 9.47 Å². The number of hydrogen-bond donors (Lipinski definition) is 0. The number of nitrogens with zero attached hydrogens (tertiary/aromatic N) is 3. The van der Waals surface area contributed by atoms with E-state index in [-0.39, 0.29) is 42.6 Å². The molecule has 1 aromatic carbocycles. The fraction of sp³-hybridized carbons (Fsp3) is 0.577. The van der Waals surface area contributed by atoms with Crippen LogP contribution >= 0.6 is 0 Å². The molecule has 0 saturated carbocycles. The molecule has 2 aliphatic heterocycles. The molecule has 210 valence electrons. The number of pyridine rings is 1. The minimum absolute atomic E-state index is 0.0608. The summed E-state index contributed by atoms with van der Waals surface area (Å²) in [6, 6.07) is 6.25. The number of hydrogen-bond acceptors (Lipinski definition) is 7. The smallest absolute Gasteiger partial charge is 0.243 e. The number of aromatic nitrogens is 1. The van der Waals surface area contributed by atoms with Crippen LogP contribution in [0.15, 0.2) is 41.6 Å². The van der Waals surface area contributed by atoms with Crippen molar-refractivity contribution < 1.29 is 30.7 Å². The van der Waals surface area contributed by atoms with Crippen LogP contribution in [0.1, 0.15) is 43.2 Å². The molecule has 1 aromatic heterocycles. The number of methoxy groups -OCH3 is 1. The lowest BCUT2D eigenvalue weighted by atomic mass is 10.1. The topological polar surface area (TPSA) is 106 Å². The van der Waals surface area contributed by atoms with Gasteiger partial charge >= 0.3 is 0 Å². The summed E-state index contributed by atoms with van der Waals surface area (Å²) >= 11 is 0. The summed E-state index contributed by atoms with van der Waals surface area (Å²) < 4.78 is 81.5. The van der Waals surface area contributed by atoms with Gasteiger partial charge in [-0.3, -0.25) is 4.98 Å². The second-order valence-electron chi connectivity index (χ2n) is 10.0. The van der Waals surface area contributed by atoms with Crippen molar-refractivity contribution >= 4 is 20.0 Å². The molecule has 38 heavy (non-hydrogen) atoms. The second-order valence-corrected chi connectivity index (χ2v) is 13.9. The summed E-state index contributed by atoms with van der Waals surface area (Å²) in [4.78, 5) is 4.12. The van der Waals surface area contributed by atoms with Gasteiger partial charge in [-0.05, 0) is 81.3 Å². The molecule has 2 fully saturated rings. The third-order valence-corrected chi connectivity index (χ3v) is 11.4. The Bertz CT molecular complexity index is 1290. The molecule has 12 heteroatoms. The zero-order valence-corrected chi connectivity index (χ0v) is 23.7. The van der Waals surface area contributed by atoms with Crippen molar-refractivity contribution in [1.82, 2.24) is 13.6 Å². The number of benzene rings is 1. The molecule has 2 saturated heterocycles.